The Balaban J connectivity index is 0.000000218. The van der Waals surface area contributed by atoms with E-state index in [1.54, 1.807) is 40.6 Å². The summed E-state index contributed by atoms with van der Waals surface area (Å²) >= 11 is 0. The van der Waals surface area contributed by atoms with Crippen molar-refractivity contribution in [3.05, 3.63) is 72.8 Å². The van der Waals surface area contributed by atoms with Gasteiger partial charge in [0.25, 0.3) is 0 Å². The third kappa shape index (κ3) is 7.04. The van der Waals surface area contributed by atoms with Crippen LogP contribution in [0.25, 0.3) is 22.3 Å². The van der Waals surface area contributed by atoms with Crippen LogP contribution >= 0.6 is 0 Å². The van der Waals surface area contributed by atoms with Crippen molar-refractivity contribution in [2.24, 2.45) is 0 Å². The second-order valence-electron chi connectivity index (χ2n) is 8.47. The molecule has 0 saturated carbocycles. The van der Waals surface area contributed by atoms with Crippen LogP contribution < -0.4 is 41.5 Å². The quantitative estimate of drug-likeness (QED) is 0.231. The van der Waals surface area contributed by atoms with Gasteiger partial charge in [-0.1, -0.05) is 24.3 Å². The van der Waals surface area contributed by atoms with Crippen molar-refractivity contribution >= 4 is 28.7 Å². The van der Waals surface area contributed by atoms with Crippen LogP contribution in [0.2, 0.25) is 0 Å². The smallest absolute Gasteiger partial charge is 0.221 e. The zero-order valence-electron chi connectivity index (χ0n) is 22.7. The van der Waals surface area contributed by atoms with E-state index in [1.807, 2.05) is 60.7 Å². The van der Waals surface area contributed by atoms with E-state index in [-0.39, 0.29) is 5.91 Å². The number of hydrogen-bond acceptors (Lipinski definition) is 8. The minimum absolute atomic E-state index is 0.143. The summed E-state index contributed by atoms with van der Waals surface area (Å²) in [6.07, 6.45) is 0. The van der Waals surface area contributed by atoms with E-state index in [1.165, 1.54) is 6.92 Å². The zero-order chi connectivity index (χ0) is 28.5. The van der Waals surface area contributed by atoms with Gasteiger partial charge < -0.3 is 41.5 Å². The van der Waals surface area contributed by atoms with Crippen molar-refractivity contribution in [3.63, 3.8) is 0 Å². The molecule has 0 aliphatic carbocycles. The first-order valence-corrected chi connectivity index (χ1v) is 12.0. The van der Waals surface area contributed by atoms with Crippen LogP contribution in [-0.4, -0.2) is 34.3 Å². The fourth-order valence-electron chi connectivity index (χ4n) is 3.84. The highest BCUT2D eigenvalue weighted by Gasteiger charge is 2.09. The molecule has 0 bridgehead atoms. The topological polar surface area (TPSA) is 144 Å². The number of rotatable bonds is 7. The molecule has 9 heteroatoms. The van der Waals surface area contributed by atoms with Crippen LogP contribution in [-0.2, 0) is 4.79 Å². The molecule has 0 heterocycles. The van der Waals surface area contributed by atoms with Gasteiger partial charge in [-0.3, -0.25) is 4.79 Å². The van der Waals surface area contributed by atoms with Gasteiger partial charge in [0.15, 0.2) is 0 Å². The molecule has 4 aromatic carbocycles. The molecule has 4 aromatic rings. The van der Waals surface area contributed by atoms with Gasteiger partial charge in [-0.25, -0.2) is 0 Å². The number of nitrogen functional groups attached to an aromatic ring is 3. The summed E-state index contributed by atoms with van der Waals surface area (Å²) < 4.78 is 21.0. The molecule has 0 aliphatic heterocycles. The minimum Gasteiger partial charge on any atom is -0.495 e. The molecule has 0 saturated heterocycles. The van der Waals surface area contributed by atoms with Gasteiger partial charge in [0.2, 0.25) is 5.91 Å². The Morgan fingerprint density at radius 2 is 0.846 bits per heavy atom. The largest absolute Gasteiger partial charge is 0.495 e. The number of nitrogens with one attached hydrogen (secondary N) is 1. The monoisotopic (exact) mass is 530 g/mol. The maximum atomic E-state index is 11.2. The molecule has 1 amide bonds. The number of benzene rings is 4. The van der Waals surface area contributed by atoms with Crippen molar-refractivity contribution < 1.29 is 23.7 Å². The lowest BCUT2D eigenvalue weighted by Crippen LogP contribution is -2.07. The summed E-state index contributed by atoms with van der Waals surface area (Å²) in [6, 6.07) is 22.4. The van der Waals surface area contributed by atoms with Crippen LogP contribution in [0.15, 0.2) is 72.8 Å². The average Bonchev–Trinajstić information content (AvgIpc) is 2.94. The third-order valence-corrected chi connectivity index (χ3v) is 5.88. The van der Waals surface area contributed by atoms with Crippen molar-refractivity contribution in [2.75, 3.05) is 51.0 Å². The lowest BCUT2D eigenvalue weighted by atomic mass is 10.0. The van der Waals surface area contributed by atoms with Crippen LogP contribution in [0.3, 0.4) is 0 Å². The minimum atomic E-state index is -0.143. The molecule has 0 radical (unpaired) electrons. The summed E-state index contributed by atoms with van der Waals surface area (Å²) in [5, 5.41) is 2.73. The van der Waals surface area contributed by atoms with Crippen LogP contribution in [0, 0.1) is 0 Å². The lowest BCUT2D eigenvalue weighted by molar-refractivity contribution is -0.114. The van der Waals surface area contributed by atoms with Gasteiger partial charge in [-0.2, -0.15) is 0 Å². The molecule has 7 N–H and O–H groups in total. The molecule has 39 heavy (non-hydrogen) atoms. The van der Waals surface area contributed by atoms with Gasteiger partial charge in [0.05, 0.1) is 51.2 Å². The number of carbonyl (C=O) groups excluding carboxylic acids is 1. The van der Waals surface area contributed by atoms with Crippen LogP contribution in [0.1, 0.15) is 6.92 Å². The summed E-state index contributed by atoms with van der Waals surface area (Å²) in [5.74, 6) is 2.39. The zero-order valence-corrected chi connectivity index (χ0v) is 22.7. The summed E-state index contributed by atoms with van der Waals surface area (Å²) in [5.41, 5.74) is 23.7. The number of anilines is 4. The summed E-state index contributed by atoms with van der Waals surface area (Å²) in [4.78, 5) is 11.2. The average molecular weight is 531 g/mol. The molecular weight excluding hydrogens is 496 g/mol. The fourth-order valence-corrected chi connectivity index (χ4v) is 3.84. The van der Waals surface area contributed by atoms with Gasteiger partial charge >= 0.3 is 0 Å². The SMILES string of the molecule is COc1cc(-c2ccc(N)c(OC)c2)ccc1N.COc1cc(-c2ccc(NC(C)=O)c(OC)c2)ccc1N. The molecule has 0 unspecified atom stereocenters. The number of methoxy groups -OCH3 is 4. The first-order chi connectivity index (χ1) is 18.7. The van der Waals surface area contributed by atoms with Crippen molar-refractivity contribution in [1.82, 2.24) is 0 Å². The first-order valence-electron chi connectivity index (χ1n) is 12.0. The number of ether oxygens (including phenoxy) is 4. The molecular formula is C30H34N4O5. The lowest BCUT2D eigenvalue weighted by Gasteiger charge is -2.12. The normalized spacial score (nSPS) is 10.1. The van der Waals surface area contributed by atoms with Crippen molar-refractivity contribution in [1.29, 1.82) is 0 Å². The number of hydrogen-bond donors (Lipinski definition) is 4. The molecule has 0 atom stereocenters. The van der Waals surface area contributed by atoms with E-state index in [9.17, 15) is 4.79 Å². The Labute approximate surface area is 228 Å². The Morgan fingerprint density at radius 1 is 0.538 bits per heavy atom. The second-order valence-corrected chi connectivity index (χ2v) is 8.47. The fraction of sp³-hybridized carbons (Fsp3) is 0.167. The third-order valence-electron chi connectivity index (χ3n) is 5.88. The van der Waals surface area contributed by atoms with Crippen LogP contribution in [0.5, 0.6) is 23.0 Å². The summed E-state index contributed by atoms with van der Waals surface area (Å²) in [7, 11) is 6.34. The molecule has 9 nitrogen and oxygen atoms in total. The number of carbonyl (C=O) groups is 1. The predicted molar refractivity (Wildman–Crippen MR) is 158 cm³/mol. The Kier molecular flexibility index (Phi) is 9.48. The number of nitrogens with two attached hydrogens (primary N) is 3. The number of amides is 1. The van der Waals surface area contributed by atoms with E-state index in [2.05, 4.69) is 5.32 Å². The van der Waals surface area contributed by atoms with Gasteiger partial charge in [-0.05, 0) is 70.8 Å². The molecule has 0 spiro atoms. The maximum Gasteiger partial charge on any atom is 0.221 e. The molecule has 204 valence electrons. The van der Waals surface area contributed by atoms with E-state index in [0.717, 1.165) is 22.3 Å². The van der Waals surface area contributed by atoms with Gasteiger partial charge in [0, 0.05) is 6.92 Å². The van der Waals surface area contributed by atoms with Crippen molar-refractivity contribution in [3.8, 4) is 45.3 Å². The van der Waals surface area contributed by atoms with E-state index in [4.69, 9.17) is 36.1 Å². The standard InChI is InChI=1S/C16H18N2O3.C14H16N2O2/c1-10(19)18-14-7-5-12(9-16(14)21-3)11-4-6-13(17)15(8-11)20-2;1-17-13-7-9(3-5-11(13)15)10-4-6-12(16)14(8-10)18-2/h4-9H,17H2,1-3H3,(H,18,19);3-8H,15-16H2,1-2H3. The molecule has 0 aromatic heterocycles. The maximum absolute atomic E-state index is 11.2. The first kappa shape index (κ1) is 28.5. The Morgan fingerprint density at radius 3 is 1.15 bits per heavy atom. The highest BCUT2D eigenvalue weighted by molar-refractivity contribution is 5.91. The molecule has 4 rings (SSSR count). The Hall–Kier alpha value is -5.05. The highest BCUT2D eigenvalue weighted by atomic mass is 16.5. The van der Waals surface area contributed by atoms with Gasteiger partial charge in [-0.15, -0.1) is 0 Å². The predicted octanol–water partition coefficient (Wildman–Crippen LogP) is 5.45. The summed E-state index contributed by atoms with van der Waals surface area (Å²) in [6.45, 7) is 1.46. The van der Waals surface area contributed by atoms with Crippen molar-refractivity contribution in [2.45, 2.75) is 6.92 Å². The molecule has 0 fully saturated rings. The van der Waals surface area contributed by atoms with Crippen LogP contribution in [0.4, 0.5) is 22.7 Å². The molecule has 0 aliphatic rings. The second kappa shape index (κ2) is 13.0. The van der Waals surface area contributed by atoms with Gasteiger partial charge in [0.1, 0.15) is 23.0 Å². The highest BCUT2D eigenvalue weighted by Crippen LogP contribution is 2.34. The van der Waals surface area contributed by atoms with E-state index < -0.39 is 0 Å². The Bertz CT molecular complexity index is 1400. The van der Waals surface area contributed by atoms with E-state index in [0.29, 0.717) is 45.7 Å². The van der Waals surface area contributed by atoms with E-state index >= 15 is 0 Å².